The van der Waals surface area contributed by atoms with Crippen LogP contribution in [0.5, 0.6) is 0 Å². The van der Waals surface area contributed by atoms with Crippen molar-refractivity contribution in [2.24, 2.45) is 5.92 Å². The summed E-state index contributed by atoms with van der Waals surface area (Å²) in [6.07, 6.45) is 3.88. The van der Waals surface area contributed by atoms with E-state index in [0.29, 0.717) is 6.54 Å². The van der Waals surface area contributed by atoms with Gasteiger partial charge < -0.3 is 10.0 Å². The number of fused-ring (bicyclic) bond motifs is 1. The molecule has 2 N–H and O–H groups in total. The molecule has 5 heteroatoms. The first-order valence-electron chi connectivity index (χ1n) is 6.02. The Labute approximate surface area is 101 Å². The molecule has 5 nitrogen and oxygen atoms in total. The molecule has 2 unspecified atom stereocenters. The van der Waals surface area contributed by atoms with E-state index in [9.17, 15) is 9.90 Å². The molecule has 1 aliphatic carbocycles. The Balaban J connectivity index is 1.98. The fourth-order valence-corrected chi connectivity index (χ4v) is 2.42. The Morgan fingerprint density at radius 3 is 3.24 bits per heavy atom. The van der Waals surface area contributed by atoms with Gasteiger partial charge in [-0.15, -0.1) is 0 Å². The Kier molecular flexibility index (Phi) is 3.47. The lowest BCUT2D eigenvalue weighted by molar-refractivity contribution is -0.135. The molecule has 0 bridgehead atoms. The maximum atomic E-state index is 12.1. The van der Waals surface area contributed by atoms with Gasteiger partial charge in [-0.05, 0) is 25.3 Å². The summed E-state index contributed by atoms with van der Waals surface area (Å²) in [5.74, 6) is 0.137. The second-order valence-electron chi connectivity index (χ2n) is 4.88. The van der Waals surface area contributed by atoms with E-state index in [2.05, 4.69) is 10.2 Å². The third-order valence-corrected chi connectivity index (χ3v) is 3.28. The highest BCUT2D eigenvalue weighted by molar-refractivity contribution is 5.79. The smallest absolute Gasteiger partial charge is 0.225 e. The van der Waals surface area contributed by atoms with Gasteiger partial charge in [0.15, 0.2) is 0 Å². The van der Waals surface area contributed by atoms with E-state index in [1.807, 2.05) is 6.20 Å². The number of amides is 1. The van der Waals surface area contributed by atoms with E-state index in [1.54, 1.807) is 18.9 Å². The van der Waals surface area contributed by atoms with Crippen molar-refractivity contribution in [1.29, 1.82) is 0 Å². The second-order valence-corrected chi connectivity index (χ2v) is 4.88. The van der Waals surface area contributed by atoms with Crippen LogP contribution in [0.1, 0.15) is 24.6 Å². The van der Waals surface area contributed by atoms with E-state index in [4.69, 9.17) is 0 Å². The van der Waals surface area contributed by atoms with Crippen LogP contribution in [0.4, 0.5) is 0 Å². The lowest BCUT2D eigenvalue weighted by atomic mass is 9.87. The highest BCUT2D eigenvalue weighted by Gasteiger charge is 2.28. The van der Waals surface area contributed by atoms with Crippen molar-refractivity contribution in [3.8, 4) is 0 Å². The number of aromatic nitrogens is 2. The summed E-state index contributed by atoms with van der Waals surface area (Å²) in [6.45, 7) is 2.09. The summed E-state index contributed by atoms with van der Waals surface area (Å²) in [5.41, 5.74) is 2.31. The average Bonchev–Trinajstić information content (AvgIpc) is 2.73. The Morgan fingerprint density at radius 1 is 1.76 bits per heavy atom. The van der Waals surface area contributed by atoms with Crippen LogP contribution in [-0.2, 0) is 17.6 Å². The van der Waals surface area contributed by atoms with Crippen LogP contribution in [0, 0.1) is 5.92 Å². The first kappa shape index (κ1) is 12.1. The molecule has 17 heavy (non-hydrogen) atoms. The summed E-state index contributed by atoms with van der Waals surface area (Å²) in [7, 11) is 1.75. The molecule has 1 amide bonds. The number of aliphatic hydroxyl groups is 1. The van der Waals surface area contributed by atoms with Crippen molar-refractivity contribution in [2.45, 2.75) is 32.3 Å². The molecule has 1 aromatic heterocycles. The number of hydrogen-bond donors (Lipinski definition) is 2. The molecular formula is C12H19N3O2. The van der Waals surface area contributed by atoms with E-state index in [0.717, 1.165) is 25.0 Å². The lowest BCUT2D eigenvalue weighted by Gasteiger charge is -2.27. The van der Waals surface area contributed by atoms with E-state index in [1.165, 1.54) is 5.56 Å². The number of nitrogens with zero attached hydrogens (tertiary/aromatic N) is 2. The van der Waals surface area contributed by atoms with Gasteiger partial charge in [0.05, 0.1) is 12.3 Å². The third kappa shape index (κ3) is 2.66. The van der Waals surface area contributed by atoms with Gasteiger partial charge in [0, 0.05) is 31.6 Å². The van der Waals surface area contributed by atoms with Crippen LogP contribution >= 0.6 is 0 Å². The maximum absolute atomic E-state index is 12.1. The van der Waals surface area contributed by atoms with Gasteiger partial charge in [-0.25, -0.2) is 0 Å². The van der Waals surface area contributed by atoms with E-state index in [-0.39, 0.29) is 11.8 Å². The molecule has 0 spiro atoms. The number of rotatable bonds is 3. The van der Waals surface area contributed by atoms with Crippen molar-refractivity contribution < 1.29 is 9.90 Å². The molecule has 2 rings (SSSR count). The molecule has 0 aromatic carbocycles. The number of likely N-dealkylation sites (N-methyl/N-ethyl adjacent to an activating group) is 1. The molecule has 2 atom stereocenters. The molecule has 0 radical (unpaired) electrons. The zero-order chi connectivity index (χ0) is 12.4. The summed E-state index contributed by atoms with van der Waals surface area (Å²) >= 11 is 0. The molecule has 0 fully saturated rings. The quantitative estimate of drug-likeness (QED) is 0.797. The minimum atomic E-state index is -0.477. The van der Waals surface area contributed by atoms with Gasteiger partial charge >= 0.3 is 0 Å². The molecule has 0 saturated carbocycles. The van der Waals surface area contributed by atoms with Gasteiger partial charge in [-0.2, -0.15) is 5.10 Å². The SMILES string of the molecule is CC(O)CN(C)C(=O)C1CCc2cn[nH]c2C1. The van der Waals surface area contributed by atoms with Crippen molar-refractivity contribution in [1.82, 2.24) is 15.1 Å². The van der Waals surface area contributed by atoms with Crippen molar-refractivity contribution in [3.05, 3.63) is 17.5 Å². The first-order valence-corrected chi connectivity index (χ1v) is 6.02. The Bertz CT molecular complexity index is 400. The molecular weight excluding hydrogens is 218 g/mol. The lowest BCUT2D eigenvalue weighted by Crippen LogP contribution is -2.39. The predicted molar refractivity (Wildman–Crippen MR) is 63.4 cm³/mol. The number of aliphatic hydroxyl groups excluding tert-OH is 1. The summed E-state index contributed by atoms with van der Waals surface area (Å²) in [6, 6.07) is 0. The fraction of sp³-hybridized carbons (Fsp3) is 0.667. The summed E-state index contributed by atoms with van der Waals surface area (Å²) < 4.78 is 0. The molecule has 0 aliphatic heterocycles. The second kappa shape index (κ2) is 4.87. The van der Waals surface area contributed by atoms with Gasteiger partial charge in [0.2, 0.25) is 5.91 Å². The minimum absolute atomic E-state index is 0.0201. The van der Waals surface area contributed by atoms with E-state index < -0.39 is 6.10 Å². The molecule has 1 heterocycles. The summed E-state index contributed by atoms with van der Waals surface area (Å²) in [5, 5.41) is 16.2. The number of aromatic amines is 1. The number of carbonyl (C=O) groups is 1. The predicted octanol–water partition coefficient (Wildman–Crippen LogP) is 0.354. The van der Waals surface area contributed by atoms with Crippen molar-refractivity contribution >= 4 is 5.91 Å². The van der Waals surface area contributed by atoms with Crippen LogP contribution in [0.3, 0.4) is 0 Å². The fourth-order valence-electron chi connectivity index (χ4n) is 2.42. The van der Waals surface area contributed by atoms with Gasteiger partial charge in [0.1, 0.15) is 0 Å². The Morgan fingerprint density at radius 2 is 2.53 bits per heavy atom. The number of hydrogen-bond acceptors (Lipinski definition) is 3. The van der Waals surface area contributed by atoms with Crippen molar-refractivity contribution in [3.63, 3.8) is 0 Å². The zero-order valence-electron chi connectivity index (χ0n) is 10.3. The Hall–Kier alpha value is -1.36. The van der Waals surface area contributed by atoms with E-state index >= 15 is 0 Å². The number of carbonyl (C=O) groups excluding carboxylic acids is 1. The molecule has 1 aliphatic rings. The number of H-pyrrole nitrogens is 1. The van der Waals surface area contributed by atoms with Crippen molar-refractivity contribution in [2.75, 3.05) is 13.6 Å². The maximum Gasteiger partial charge on any atom is 0.225 e. The highest BCUT2D eigenvalue weighted by Crippen LogP contribution is 2.24. The largest absolute Gasteiger partial charge is 0.392 e. The van der Waals surface area contributed by atoms with Crippen LogP contribution in [0.2, 0.25) is 0 Å². The first-order chi connectivity index (χ1) is 8.08. The minimum Gasteiger partial charge on any atom is -0.392 e. The average molecular weight is 237 g/mol. The van der Waals surface area contributed by atoms with Crippen LogP contribution in [-0.4, -0.2) is 45.8 Å². The van der Waals surface area contributed by atoms with Crippen LogP contribution in [0.15, 0.2) is 6.20 Å². The topological polar surface area (TPSA) is 69.2 Å². The monoisotopic (exact) mass is 237 g/mol. The van der Waals surface area contributed by atoms with Crippen LogP contribution < -0.4 is 0 Å². The van der Waals surface area contributed by atoms with Gasteiger partial charge in [-0.3, -0.25) is 9.89 Å². The molecule has 1 aromatic rings. The standard InChI is InChI=1S/C12H19N3O2/c1-8(16)7-15(2)12(17)9-3-4-10-6-13-14-11(10)5-9/h6,8-9,16H,3-5,7H2,1-2H3,(H,13,14). The highest BCUT2D eigenvalue weighted by atomic mass is 16.3. The van der Waals surface area contributed by atoms with Crippen LogP contribution in [0.25, 0.3) is 0 Å². The van der Waals surface area contributed by atoms with Gasteiger partial charge in [-0.1, -0.05) is 0 Å². The normalized spacial score (nSPS) is 20.8. The third-order valence-electron chi connectivity index (χ3n) is 3.28. The summed E-state index contributed by atoms with van der Waals surface area (Å²) in [4.78, 5) is 13.8. The molecule has 94 valence electrons. The zero-order valence-corrected chi connectivity index (χ0v) is 10.3. The number of nitrogens with one attached hydrogen (secondary N) is 1. The van der Waals surface area contributed by atoms with Gasteiger partial charge in [0.25, 0.3) is 0 Å². The molecule has 0 saturated heterocycles. The number of aryl methyl sites for hydroxylation is 1.